The molecule has 0 fully saturated rings. The van der Waals surface area contributed by atoms with E-state index in [1.54, 1.807) is 38.5 Å². The average Bonchev–Trinajstić information content (AvgIpc) is 3.09. The fraction of sp³-hybridized carbons (Fsp3) is 0.111. The van der Waals surface area contributed by atoms with Crippen molar-refractivity contribution in [3.05, 3.63) is 58.9 Å². The second kappa shape index (κ2) is 7.57. The number of hydrogen-bond donors (Lipinski definition) is 1. The Morgan fingerprint density at radius 1 is 0.962 bits per heavy atom. The topological polar surface area (TPSA) is 64.6 Å². The van der Waals surface area contributed by atoms with E-state index in [1.807, 2.05) is 24.3 Å². The zero-order valence-corrected chi connectivity index (χ0v) is 16.4. The van der Waals surface area contributed by atoms with Crippen LogP contribution in [0.2, 0.25) is 4.34 Å². The monoisotopic (exact) mass is 409 g/mol. The molecule has 8 heteroatoms. The number of anilines is 1. The van der Waals surface area contributed by atoms with Crippen LogP contribution < -0.4 is 14.2 Å². The van der Waals surface area contributed by atoms with Crippen molar-refractivity contribution in [2.24, 2.45) is 0 Å². The molecular weight excluding hydrogens is 394 g/mol. The molecular formula is C18H16ClNO4S2. The fourth-order valence-corrected chi connectivity index (χ4v) is 4.95. The van der Waals surface area contributed by atoms with E-state index in [-0.39, 0.29) is 4.21 Å². The Hall–Kier alpha value is -2.22. The van der Waals surface area contributed by atoms with Crippen LogP contribution in [0, 0.1) is 0 Å². The number of thiophene rings is 1. The van der Waals surface area contributed by atoms with Crippen molar-refractivity contribution in [1.82, 2.24) is 0 Å². The lowest BCUT2D eigenvalue weighted by atomic mass is 10.0. The quantitative estimate of drug-likeness (QED) is 0.629. The number of methoxy groups -OCH3 is 2. The average molecular weight is 410 g/mol. The van der Waals surface area contributed by atoms with Crippen LogP contribution in [0.3, 0.4) is 0 Å². The Morgan fingerprint density at radius 2 is 1.69 bits per heavy atom. The molecule has 0 radical (unpaired) electrons. The van der Waals surface area contributed by atoms with Crippen LogP contribution in [0.4, 0.5) is 5.69 Å². The number of hydrogen-bond acceptors (Lipinski definition) is 5. The summed E-state index contributed by atoms with van der Waals surface area (Å²) in [6.07, 6.45) is 0. The summed E-state index contributed by atoms with van der Waals surface area (Å²) in [7, 11) is -0.530. The standard InChI is InChI=1S/C18H16ClNO4S2/c1-23-14-6-3-12(4-7-14)15-11-13(5-8-16(15)24-2)20-26(21,22)18-10-9-17(19)25-18/h3-11,20H,1-2H3. The number of benzene rings is 2. The highest BCUT2D eigenvalue weighted by atomic mass is 35.5. The van der Waals surface area contributed by atoms with Crippen molar-refractivity contribution in [2.75, 3.05) is 18.9 Å². The summed E-state index contributed by atoms with van der Waals surface area (Å²) in [4.78, 5) is 0. The fourth-order valence-electron chi connectivity index (χ4n) is 2.42. The second-order valence-corrected chi connectivity index (χ2v) is 8.93. The smallest absolute Gasteiger partial charge is 0.271 e. The maximum Gasteiger partial charge on any atom is 0.271 e. The molecule has 0 amide bonds. The molecule has 5 nitrogen and oxygen atoms in total. The van der Waals surface area contributed by atoms with E-state index in [9.17, 15) is 8.42 Å². The summed E-state index contributed by atoms with van der Waals surface area (Å²) in [6.45, 7) is 0. The molecule has 0 atom stereocenters. The second-order valence-electron chi connectivity index (χ2n) is 5.31. The number of nitrogens with one attached hydrogen (secondary N) is 1. The first-order valence-electron chi connectivity index (χ1n) is 7.53. The van der Waals surface area contributed by atoms with E-state index < -0.39 is 10.0 Å². The van der Waals surface area contributed by atoms with Gasteiger partial charge in [0, 0.05) is 11.3 Å². The summed E-state index contributed by atoms with van der Waals surface area (Å²) in [5, 5.41) is 0. The predicted molar refractivity (Wildman–Crippen MR) is 105 cm³/mol. The van der Waals surface area contributed by atoms with Crippen LogP contribution in [0.15, 0.2) is 58.8 Å². The minimum Gasteiger partial charge on any atom is -0.497 e. The van der Waals surface area contributed by atoms with Crippen molar-refractivity contribution in [1.29, 1.82) is 0 Å². The lowest BCUT2D eigenvalue weighted by molar-refractivity contribution is 0.414. The van der Waals surface area contributed by atoms with Gasteiger partial charge in [0.05, 0.1) is 18.6 Å². The molecule has 0 saturated carbocycles. The van der Waals surface area contributed by atoms with Gasteiger partial charge in [0.1, 0.15) is 15.7 Å². The van der Waals surface area contributed by atoms with Crippen LogP contribution in [-0.2, 0) is 10.0 Å². The van der Waals surface area contributed by atoms with E-state index >= 15 is 0 Å². The minimum atomic E-state index is -3.70. The Labute approximate surface area is 161 Å². The Bertz CT molecular complexity index is 1010. The van der Waals surface area contributed by atoms with Gasteiger partial charge in [-0.2, -0.15) is 0 Å². The molecule has 1 aromatic heterocycles. The molecule has 1 heterocycles. The van der Waals surface area contributed by atoms with Crippen molar-refractivity contribution < 1.29 is 17.9 Å². The molecule has 0 bridgehead atoms. The molecule has 26 heavy (non-hydrogen) atoms. The first-order chi connectivity index (χ1) is 12.4. The molecule has 3 aromatic rings. The van der Waals surface area contributed by atoms with Gasteiger partial charge in [-0.25, -0.2) is 8.42 Å². The van der Waals surface area contributed by atoms with E-state index in [1.165, 1.54) is 6.07 Å². The van der Waals surface area contributed by atoms with Crippen molar-refractivity contribution in [3.63, 3.8) is 0 Å². The first-order valence-corrected chi connectivity index (χ1v) is 10.2. The highest BCUT2D eigenvalue weighted by Crippen LogP contribution is 2.34. The number of sulfonamides is 1. The maximum atomic E-state index is 12.5. The Morgan fingerprint density at radius 3 is 2.27 bits per heavy atom. The van der Waals surface area contributed by atoms with Gasteiger partial charge in [-0.1, -0.05) is 23.7 Å². The number of ether oxygens (including phenoxy) is 2. The highest BCUT2D eigenvalue weighted by Gasteiger charge is 2.18. The molecule has 1 N–H and O–H groups in total. The molecule has 0 aliphatic rings. The largest absolute Gasteiger partial charge is 0.497 e. The highest BCUT2D eigenvalue weighted by molar-refractivity contribution is 7.94. The van der Waals surface area contributed by atoms with Crippen molar-refractivity contribution in [2.45, 2.75) is 4.21 Å². The van der Waals surface area contributed by atoms with E-state index in [0.29, 0.717) is 15.8 Å². The Kier molecular flexibility index (Phi) is 5.41. The van der Waals surface area contributed by atoms with Gasteiger partial charge in [-0.05, 0) is 48.0 Å². The lowest BCUT2D eigenvalue weighted by Crippen LogP contribution is -2.11. The Balaban J connectivity index is 1.96. The van der Waals surface area contributed by atoms with Gasteiger partial charge in [0.15, 0.2) is 0 Å². The van der Waals surface area contributed by atoms with E-state index in [4.69, 9.17) is 21.1 Å². The van der Waals surface area contributed by atoms with Gasteiger partial charge in [-0.3, -0.25) is 4.72 Å². The molecule has 0 saturated heterocycles. The third-order valence-electron chi connectivity index (χ3n) is 3.67. The molecule has 0 spiro atoms. The molecule has 3 rings (SSSR count). The zero-order chi connectivity index (χ0) is 18.7. The van der Waals surface area contributed by atoms with E-state index in [0.717, 1.165) is 28.2 Å². The van der Waals surface area contributed by atoms with Crippen LogP contribution in [0.5, 0.6) is 11.5 Å². The summed E-state index contributed by atoms with van der Waals surface area (Å²) in [5.41, 5.74) is 2.07. The van der Waals surface area contributed by atoms with Crippen molar-refractivity contribution >= 4 is 38.6 Å². The summed E-state index contributed by atoms with van der Waals surface area (Å²) in [6, 6.07) is 15.6. The van der Waals surface area contributed by atoms with Gasteiger partial charge < -0.3 is 9.47 Å². The molecule has 0 aliphatic carbocycles. The minimum absolute atomic E-state index is 0.157. The lowest BCUT2D eigenvalue weighted by Gasteiger charge is -2.13. The summed E-state index contributed by atoms with van der Waals surface area (Å²) < 4.78 is 38.7. The normalized spacial score (nSPS) is 11.2. The van der Waals surface area contributed by atoms with Crippen LogP contribution in [-0.4, -0.2) is 22.6 Å². The molecule has 0 unspecified atom stereocenters. The summed E-state index contributed by atoms with van der Waals surface area (Å²) >= 11 is 6.84. The van der Waals surface area contributed by atoms with Crippen molar-refractivity contribution in [3.8, 4) is 22.6 Å². The van der Waals surface area contributed by atoms with Gasteiger partial charge in [-0.15, -0.1) is 11.3 Å². The zero-order valence-electron chi connectivity index (χ0n) is 14.0. The van der Waals surface area contributed by atoms with Crippen LogP contribution in [0.25, 0.3) is 11.1 Å². The SMILES string of the molecule is COc1ccc(-c2cc(NS(=O)(=O)c3ccc(Cl)s3)ccc2OC)cc1. The molecule has 0 aliphatic heterocycles. The molecule has 2 aromatic carbocycles. The van der Waals surface area contributed by atoms with Gasteiger partial charge in [0.2, 0.25) is 0 Å². The third-order valence-corrected chi connectivity index (χ3v) is 6.77. The summed E-state index contributed by atoms with van der Waals surface area (Å²) in [5.74, 6) is 1.37. The number of halogens is 1. The third kappa shape index (κ3) is 3.95. The first kappa shape index (κ1) is 18.6. The van der Waals surface area contributed by atoms with Crippen LogP contribution in [0.1, 0.15) is 0 Å². The van der Waals surface area contributed by atoms with Crippen LogP contribution >= 0.6 is 22.9 Å². The number of rotatable bonds is 6. The van der Waals surface area contributed by atoms with Gasteiger partial charge >= 0.3 is 0 Å². The predicted octanol–water partition coefficient (Wildman–Crippen LogP) is 4.89. The van der Waals surface area contributed by atoms with E-state index in [2.05, 4.69) is 4.72 Å². The maximum absolute atomic E-state index is 12.5. The molecule has 136 valence electrons. The van der Waals surface area contributed by atoms with Gasteiger partial charge in [0.25, 0.3) is 10.0 Å².